The molecule has 1 aliphatic carbocycles. The minimum Gasteiger partial charge on any atom is -0.383 e. The number of hydrogen-bond acceptors (Lipinski definition) is 6. The molecule has 1 fully saturated rings. The minimum absolute atomic E-state index is 0.489. The van der Waals surface area contributed by atoms with Crippen LogP contribution in [0.3, 0.4) is 0 Å². The molecule has 2 N–H and O–H groups in total. The minimum atomic E-state index is 0.489. The normalized spacial score (nSPS) is 14.9. The zero-order chi connectivity index (χ0) is 13.6. The van der Waals surface area contributed by atoms with E-state index in [0.29, 0.717) is 11.7 Å². The lowest BCUT2D eigenvalue weighted by Crippen LogP contribution is -2.04. The quantitative estimate of drug-likeness (QED) is 0.861. The fraction of sp³-hybridized carbons (Fsp3) is 0.500. The molecule has 0 radical (unpaired) electrons. The summed E-state index contributed by atoms with van der Waals surface area (Å²) in [5.41, 5.74) is 6.89. The van der Waals surface area contributed by atoms with E-state index in [1.165, 1.54) is 11.8 Å². The van der Waals surface area contributed by atoms with Gasteiger partial charge in [0.25, 0.3) is 0 Å². The van der Waals surface area contributed by atoms with Crippen LogP contribution in [0.4, 0.5) is 5.82 Å². The van der Waals surface area contributed by atoms with Crippen LogP contribution in [-0.4, -0.2) is 24.7 Å². The number of aryl methyl sites for hydroxylation is 1. The van der Waals surface area contributed by atoms with Crippen molar-refractivity contribution < 1.29 is 0 Å². The molecule has 3 rings (SSSR count). The van der Waals surface area contributed by atoms with E-state index in [1.54, 1.807) is 0 Å². The summed E-state index contributed by atoms with van der Waals surface area (Å²) in [5, 5.41) is 9.90. The first-order valence-corrected chi connectivity index (χ1v) is 7.05. The van der Waals surface area contributed by atoms with E-state index in [2.05, 4.69) is 20.2 Å². The Hall–Kier alpha value is -1.63. The summed E-state index contributed by atoms with van der Waals surface area (Å²) < 4.78 is 1.94. The van der Waals surface area contributed by atoms with Crippen LogP contribution in [0.2, 0.25) is 0 Å². The van der Waals surface area contributed by atoms with Crippen molar-refractivity contribution in [1.29, 1.82) is 0 Å². The number of rotatable bonds is 3. The summed E-state index contributed by atoms with van der Waals surface area (Å²) in [6.45, 7) is 3.87. The van der Waals surface area contributed by atoms with Gasteiger partial charge in [-0.1, -0.05) is 0 Å². The van der Waals surface area contributed by atoms with E-state index >= 15 is 0 Å². The molecule has 0 spiro atoms. The fourth-order valence-corrected chi connectivity index (χ4v) is 2.64. The molecule has 2 aromatic rings. The van der Waals surface area contributed by atoms with Crippen LogP contribution in [0, 0.1) is 13.8 Å². The number of nitrogen functional groups attached to an aromatic ring is 1. The molecule has 0 saturated heterocycles. The number of anilines is 1. The van der Waals surface area contributed by atoms with Crippen molar-refractivity contribution in [1.82, 2.24) is 24.7 Å². The van der Waals surface area contributed by atoms with Crippen LogP contribution >= 0.6 is 11.8 Å². The Kier molecular flexibility index (Phi) is 2.93. The van der Waals surface area contributed by atoms with Gasteiger partial charge in [-0.3, -0.25) is 0 Å². The summed E-state index contributed by atoms with van der Waals surface area (Å²) in [4.78, 5) is 9.01. The van der Waals surface area contributed by atoms with Gasteiger partial charge in [-0.05, 0) is 38.5 Å². The zero-order valence-electron chi connectivity index (χ0n) is 11.2. The second-order valence-corrected chi connectivity index (χ2v) is 5.82. The Balaban J connectivity index is 1.97. The predicted octanol–water partition coefficient (Wildman–Crippen LogP) is 1.83. The average molecular weight is 276 g/mol. The highest BCUT2D eigenvalue weighted by Crippen LogP contribution is 2.40. The summed E-state index contributed by atoms with van der Waals surface area (Å²) in [7, 11) is 1.94. The third-order valence-corrected chi connectivity index (χ3v) is 4.47. The van der Waals surface area contributed by atoms with Crippen LogP contribution in [0.15, 0.2) is 10.2 Å². The van der Waals surface area contributed by atoms with Gasteiger partial charge >= 0.3 is 0 Å². The monoisotopic (exact) mass is 276 g/mol. The van der Waals surface area contributed by atoms with Crippen molar-refractivity contribution in [2.75, 3.05) is 5.73 Å². The lowest BCUT2D eigenvalue weighted by atomic mass is 10.3. The molecule has 7 heteroatoms. The molecule has 1 saturated carbocycles. The van der Waals surface area contributed by atoms with Crippen molar-refractivity contribution >= 4 is 17.6 Å². The van der Waals surface area contributed by atoms with Gasteiger partial charge in [0.15, 0.2) is 5.16 Å². The number of nitrogens with zero attached hydrogens (tertiary/aromatic N) is 5. The van der Waals surface area contributed by atoms with Crippen molar-refractivity contribution in [2.24, 2.45) is 7.05 Å². The molecule has 0 bridgehead atoms. The topological polar surface area (TPSA) is 82.5 Å². The average Bonchev–Trinajstić information content (AvgIpc) is 3.17. The Labute approximate surface area is 115 Å². The standard InChI is InChI=1S/C12H16N6S/c1-6-9(13)14-10(8-4-5-8)15-11(6)19-12-17-16-7(2)18(12)3/h8H,4-5H2,1-3H3,(H2,13,14,15). The number of nitrogens with two attached hydrogens (primary N) is 1. The molecule has 1 aliphatic rings. The molecule has 0 atom stereocenters. The zero-order valence-corrected chi connectivity index (χ0v) is 12.0. The maximum Gasteiger partial charge on any atom is 0.197 e. The van der Waals surface area contributed by atoms with E-state index in [9.17, 15) is 0 Å². The van der Waals surface area contributed by atoms with Gasteiger partial charge in [-0.25, -0.2) is 9.97 Å². The molecular weight excluding hydrogens is 260 g/mol. The third-order valence-electron chi connectivity index (χ3n) is 3.34. The van der Waals surface area contributed by atoms with Gasteiger partial charge in [0.1, 0.15) is 22.5 Å². The second-order valence-electron chi connectivity index (χ2n) is 4.86. The van der Waals surface area contributed by atoms with Gasteiger partial charge in [-0.15, -0.1) is 10.2 Å². The van der Waals surface area contributed by atoms with E-state index in [-0.39, 0.29) is 0 Å². The molecule has 0 amide bonds. The van der Waals surface area contributed by atoms with E-state index in [0.717, 1.165) is 40.2 Å². The molecule has 19 heavy (non-hydrogen) atoms. The van der Waals surface area contributed by atoms with Gasteiger partial charge in [0, 0.05) is 18.5 Å². The Bertz CT molecular complexity index is 631. The maximum absolute atomic E-state index is 5.98. The molecule has 100 valence electrons. The Morgan fingerprint density at radius 3 is 2.53 bits per heavy atom. The van der Waals surface area contributed by atoms with Gasteiger partial charge < -0.3 is 10.3 Å². The third kappa shape index (κ3) is 2.30. The first-order chi connectivity index (χ1) is 9.06. The fourth-order valence-electron chi connectivity index (χ4n) is 1.72. The summed E-state index contributed by atoms with van der Waals surface area (Å²) in [5.74, 6) is 2.80. The largest absolute Gasteiger partial charge is 0.383 e. The molecule has 6 nitrogen and oxygen atoms in total. The lowest BCUT2D eigenvalue weighted by molar-refractivity contribution is 0.762. The van der Waals surface area contributed by atoms with Crippen molar-refractivity contribution in [3.05, 3.63) is 17.2 Å². The first kappa shape index (κ1) is 12.4. The van der Waals surface area contributed by atoms with E-state index < -0.39 is 0 Å². The maximum atomic E-state index is 5.98. The molecule has 0 unspecified atom stereocenters. The van der Waals surface area contributed by atoms with Crippen molar-refractivity contribution in [3.8, 4) is 0 Å². The van der Waals surface area contributed by atoms with Crippen molar-refractivity contribution in [2.45, 2.75) is 42.8 Å². The molecular formula is C12H16N6S. The van der Waals surface area contributed by atoms with Gasteiger partial charge in [0.2, 0.25) is 0 Å². The molecule has 2 aromatic heterocycles. The van der Waals surface area contributed by atoms with Crippen molar-refractivity contribution in [3.63, 3.8) is 0 Å². The Morgan fingerprint density at radius 1 is 1.21 bits per heavy atom. The SMILES string of the molecule is Cc1c(N)nc(C2CC2)nc1Sc1nnc(C)n1C. The lowest BCUT2D eigenvalue weighted by Gasteiger charge is -2.08. The summed E-state index contributed by atoms with van der Waals surface area (Å²) in [6.07, 6.45) is 2.32. The molecule has 0 aliphatic heterocycles. The molecule has 2 heterocycles. The van der Waals surface area contributed by atoms with E-state index in [4.69, 9.17) is 5.73 Å². The van der Waals surface area contributed by atoms with Crippen LogP contribution < -0.4 is 5.73 Å². The van der Waals surface area contributed by atoms with Crippen LogP contribution in [0.25, 0.3) is 0 Å². The number of aromatic nitrogens is 5. The second kappa shape index (κ2) is 4.48. The Morgan fingerprint density at radius 2 is 1.95 bits per heavy atom. The highest BCUT2D eigenvalue weighted by atomic mass is 32.2. The molecule has 0 aromatic carbocycles. The first-order valence-electron chi connectivity index (χ1n) is 6.24. The van der Waals surface area contributed by atoms with Crippen LogP contribution in [-0.2, 0) is 7.05 Å². The van der Waals surface area contributed by atoms with Gasteiger partial charge in [0.05, 0.1) is 0 Å². The highest BCUT2D eigenvalue weighted by Gasteiger charge is 2.28. The van der Waals surface area contributed by atoms with E-state index in [1.807, 2.05) is 25.5 Å². The highest BCUT2D eigenvalue weighted by molar-refractivity contribution is 7.99. The summed E-state index contributed by atoms with van der Waals surface area (Å²) >= 11 is 1.49. The number of hydrogen-bond donors (Lipinski definition) is 1. The van der Waals surface area contributed by atoms with Crippen LogP contribution in [0.5, 0.6) is 0 Å². The smallest absolute Gasteiger partial charge is 0.197 e. The summed E-state index contributed by atoms with van der Waals surface area (Å²) in [6, 6.07) is 0. The predicted molar refractivity (Wildman–Crippen MR) is 73.0 cm³/mol. The van der Waals surface area contributed by atoms with Gasteiger partial charge in [-0.2, -0.15) is 0 Å². The van der Waals surface area contributed by atoms with Crippen LogP contribution in [0.1, 0.15) is 36.0 Å².